The molecule has 0 saturated carbocycles. The molecule has 0 spiro atoms. The Kier molecular flexibility index (Phi) is 4.98. The molecular formula is C21H34O5. The molecule has 0 aliphatic carbocycles. The highest BCUT2D eigenvalue weighted by Crippen LogP contribution is 2.48. The van der Waals surface area contributed by atoms with Crippen LogP contribution in [0.15, 0.2) is 12.2 Å². The maximum absolute atomic E-state index is 6.62. The highest BCUT2D eigenvalue weighted by atomic mass is 16.6. The van der Waals surface area contributed by atoms with E-state index in [0.717, 1.165) is 32.3 Å². The molecule has 4 aliphatic rings. The Labute approximate surface area is 157 Å². The Balaban J connectivity index is 1.55. The van der Waals surface area contributed by atoms with Crippen LogP contribution in [0, 0.1) is 0 Å². The fraction of sp³-hybridized carbons (Fsp3) is 0.905. The number of rotatable bonds is 2. The van der Waals surface area contributed by atoms with Crippen LogP contribution in [0.25, 0.3) is 0 Å². The van der Waals surface area contributed by atoms with Crippen molar-refractivity contribution >= 4 is 0 Å². The highest BCUT2D eigenvalue weighted by molar-refractivity contribution is 5.13. The number of fused-ring (bicyclic) bond motifs is 3. The SMILES string of the molecule is CCOC1(C)C=CC2OC3(C)CC4(C)OCCCCC4OC3CC2OC1. The fourth-order valence-electron chi connectivity index (χ4n) is 5.18. The molecule has 7 atom stereocenters. The molecular weight excluding hydrogens is 332 g/mol. The van der Waals surface area contributed by atoms with Crippen LogP contribution in [0.1, 0.15) is 59.8 Å². The van der Waals surface area contributed by atoms with E-state index in [2.05, 4.69) is 32.9 Å². The molecule has 0 aromatic rings. The van der Waals surface area contributed by atoms with E-state index >= 15 is 0 Å². The Morgan fingerprint density at radius 1 is 1.12 bits per heavy atom. The second-order valence-corrected chi connectivity index (χ2v) is 9.03. The smallest absolute Gasteiger partial charge is 0.107 e. The lowest BCUT2D eigenvalue weighted by Gasteiger charge is -2.56. The third kappa shape index (κ3) is 3.37. The average molecular weight is 366 g/mol. The summed E-state index contributed by atoms with van der Waals surface area (Å²) in [6.45, 7) is 10.5. The lowest BCUT2D eigenvalue weighted by atomic mass is 9.74. The molecule has 0 aromatic heterocycles. The summed E-state index contributed by atoms with van der Waals surface area (Å²) in [5.74, 6) is 0. The standard InChI is InChI=1S/C21H34O5/c1-5-23-19(2)10-9-15-16(22-14-19)12-18-21(4,26-15)13-20(3)17(25-18)8-6-7-11-24-20/h9-10,15-18H,5-8,11-14H2,1-4H3. The first-order chi connectivity index (χ1) is 12.4. The van der Waals surface area contributed by atoms with Gasteiger partial charge in [0.15, 0.2) is 0 Å². The molecule has 4 heterocycles. The minimum absolute atomic E-state index is 0.0164. The summed E-state index contributed by atoms with van der Waals surface area (Å²) in [4.78, 5) is 0. The van der Waals surface area contributed by atoms with Crippen molar-refractivity contribution in [2.24, 2.45) is 0 Å². The average Bonchev–Trinajstić information content (AvgIpc) is 2.85. The molecule has 4 rings (SSSR count). The van der Waals surface area contributed by atoms with Gasteiger partial charge >= 0.3 is 0 Å². The second-order valence-electron chi connectivity index (χ2n) is 9.03. The molecule has 3 fully saturated rings. The number of hydrogen-bond acceptors (Lipinski definition) is 5. The van der Waals surface area contributed by atoms with Crippen molar-refractivity contribution in [3.8, 4) is 0 Å². The van der Waals surface area contributed by atoms with Crippen LogP contribution in [-0.4, -0.2) is 61.0 Å². The Morgan fingerprint density at radius 3 is 2.77 bits per heavy atom. The molecule has 0 amide bonds. The van der Waals surface area contributed by atoms with Crippen molar-refractivity contribution in [2.45, 2.75) is 101 Å². The summed E-state index contributed by atoms with van der Waals surface area (Å²) in [5, 5.41) is 0. The summed E-state index contributed by atoms with van der Waals surface area (Å²) in [5.41, 5.74) is -0.996. The van der Waals surface area contributed by atoms with Gasteiger partial charge in [0.1, 0.15) is 11.7 Å². The van der Waals surface area contributed by atoms with Crippen LogP contribution in [-0.2, 0) is 23.7 Å². The van der Waals surface area contributed by atoms with E-state index < -0.39 is 0 Å². The van der Waals surface area contributed by atoms with Gasteiger partial charge in [-0.05, 0) is 47.0 Å². The number of hydrogen-bond donors (Lipinski definition) is 0. The molecule has 0 bridgehead atoms. The molecule has 148 valence electrons. The zero-order valence-electron chi connectivity index (χ0n) is 16.7. The van der Waals surface area contributed by atoms with Gasteiger partial charge in [-0.2, -0.15) is 0 Å². The molecule has 5 heteroatoms. The second kappa shape index (κ2) is 6.85. The van der Waals surface area contributed by atoms with E-state index in [-0.39, 0.29) is 41.2 Å². The van der Waals surface area contributed by atoms with Crippen molar-refractivity contribution in [3.05, 3.63) is 12.2 Å². The third-order valence-electron chi connectivity index (χ3n) is 6.60. The van der Waals surface area contributed by atoms with E-state index in [1.807, 2.05) is 6.92 Å². The first-order valence-corrected chi connectivity index (χ1v) is 10.3. The van der Waals surface area contributed by atoms with Gasteiger partial charge in [0.05, 0.1) is 36.1 Å². The predicted molar refractivity (Wildman–Crippen MR) is 98.3 cm³/mol. The van der Waals surface area contributed by atoms with Crippen LogP contribution in [0.2, 0.25) is 0 Å². The Bertz CT molecular complexity index is 551. The Morgan fingerprint density at radius 2 is 1.96 bits per heavy atom. The maximum atomic E-state index is 6.62. The predicted octanol–water partition coefficient (Wildman–Crippen LogP) is 3.40. The van der Waals surface area contributed by atoms with Gasteiger partial charge in [-0.1, -0.05) is 12.2 Å². The van der Waals surface area contributed by atoms with Crippen LogP contribution < -0.4 is 0 Å². The van der Waals surface area contributed by atoms with Crippen LogP contribution >= 0.6 is 0 Å². The van der Waals surface area contributed by atoms with Crippen LogP contribution in [0.3, 0.4) is 0 Å². The van der Waals surface area contributed by atoms with Gasteiger partial charge in [-0.25, -0.2) is 0 Å². The largest absolute Gasteiger partial charge is 0.372 e. The monoisotopic (exact) mass is 366 g/mol. The summed E-state index contributed by atoms with van der Waals surface area (Å²) in [7, 11) is 0. The highest BCUT2D eigenvalue weighted by Gasteiger charge is 2.57. The van der Waals surface area contributed by atoms with Crippen molar-refractivity contribution in [3.63, 3.8) is 0 Å². The normalized spacial score (nSPS) is 51.5. The van der Waals surface area contributed by atoms with Gasteiger partial charge in [-0.3, -0.25) is 0 Å². The molecule has 26 heavy (non-hydrogen) atoms. The summed E-state index contributed by atoms with van der Waals surface area (Å²) in [6, 6.07) is 0. The summed E-state index contributed by atoms with van der Waals surface area (Å²) >= 11 is 0. The zero-order valence-corrected chi connectivity index (χ0v) is 16.7. The molecule has 3 saturated heterocycles. The van der Waals surface area contributed by atoms with Crippen molar-refractivity contribution in [2.75, 3.05) is 19.8 Å². The maximum Gasteiger partial charge on any atom is 0.107 e. The minimum Gasteiger partial charge on any atom is -0.372 e. The van der Waals surface area contributed by atoms with E-state index in [4.69, 9.17) is 23.7 Å². The van der Waals surface area contributed by atoms with Crippen molar-refractivity contribution in [1.82, 2.24) is 0 Å². The van der Waals surface area contributed by atoms with Gasteiger partial charge in [0.25, 0.3) is 0 Å². The molecule has 0 N–H and O–H groups in total. The van der Waals surface area contributed by atoms with Gasteiger partial charge < -0.3 is 23.7 Å². The fourth-order valence-corrected chi connectivity index (χ4v) is 5.18. The number of ether oxygens (including phenoxy) is 5. The van der Waals surface area contributed by atoms with Gasteiger partial charge in [0.2, 0.25) is 0 Å². The lowest BCUT2D eigenvalue weighted by Crippen LogP contribution is -2.66. The van der Waals surface area contributed by atoms with E-state index in [0.29, 0.717) is 13.2 Å². The summed E-state index contributed by atoms with van der Waals surface area (Å²) in [6.07, 6.45) is 9.49. The van der Waals surface area contributed by atoms with Gasteiger partial charge in [0, 0.05) is 26.1 Å². The molecule has 0 aromatic carbocycles. The zero-order chi connectivity index (χ0) is 18.4. The van der Waals surface area contributed by atoms with Crippen molar-refractivity contribution < 1.29 is 23.7 Å². The quantitative estimate of drug-likeness (QED) is 0.701. The lowest BCUT2D eigenvalue weighted by molar-refractivity contribution is -0.308. The van der Waals surface area contributed by atoms with E-state index in [9.17, 15) is 0 Å². The van der Waals surface area contributed by atoms with E-state index in [1.54, 1.807) is 0 Å². The first-order valence-electron chi connectivity index (χ1n) is 10.3. The molecule has 0 radical (unpaired) electrons. The Hall–Kier alpha value is -0.460. The van der Waals surface area contributed by atoms with Crippen molar-refractivity contribution in [1.29, 1.82) is 0 Å². The van der Waals surface area contributed by atoms with Crippen LogP contribution in [0.5, 0.6) is 0 Å². The topological polar surface area (TPSA) is 46.2 Å². The molecule has 7 unspecified atom stereocenters. The first kappa shape index (κ1) is 18.9. The van der Waals surface area contributed by atoms with Gasteiger partial charge in [-0.15, -0.1) is 0 Å². The molecule has 4 aliphatic heterocycles. The molecule has 5 nitrogen and oxygen atoms in total. The summed E-state index contributed by atoms with van der Waals surface area (Å²) < 4.78 is 31.6. The third-order valence-corrected chi connectivity index (χ3v) is 6.60. The van der Waals surface area contributed by atoms with E-state index in [1.165, 1.54) is 6.42 Å². The van der Waals surface area contributed by atoms with Crippen LogP contribution in [0.4, 0.5) is 0 Å². The minimum atomic E-state index is -0.386.